The van der Waals surface area contributed by atoms with Crippen molar-refractivity contribution in [2.75, 3.05) is 29.9 Å². The van der Waals surface area contributed by atoms with E-state index in [0.717, 1.165) is 47.9 Å². The second-order valence-electron chi connectivity index (χ2n) is 7.62. The molecule has 152 valence electrons. The molecule has 0 spiro atoms. The molecule has 0 aliphatic carbocycles. The monoisotopic (exact) mass is 400 g/mol. The van der Waals surface area contributed by atoms with E-state index in [1.807, 2.05) is 16.9 Å². The highest BCUT2D eigenvalue weighted by atomic mass is 15.3. The third kappa shape index (κ3) is 3.46. The molecule has 1 aromatic carbocycles. The fourth-order valence-electron chi connectivity index (χ4n) is 3.88. The number of hydrogen-bond acceptors (Lipinski definition) is 7. The summed E-state index contributed by atoms with van der Waals surface area (Å²) in [5.41, 5.74) is 3.19. The van der Waals surface area contributed by atoms with Crippen LogP contribution in [0.15, 0.2) is 55.1 Å². The highest BCUT2D eigenvalue weighted by molar-refractivity contribution is 5.93. The summed E-state index contributed by atoms with van der Waals surface area (Å²) < 4.78 is 1.97. The second kappa shape index (κ2) is 7.72. The van der Waals surface area contributed by atoms with Crippen molar-refractivity contribution in [2.24, 2.45) is 0 Å². The van der Waals surface area contributed by atoms with Gasteiger partial charge in [-0.2, -0.15) is 0 Å². The second-order valence-corrected chi connectivity index (χ2v) is 7.62. The average molecular weight is 400 g/mol. The molecular weight excluding hydrogens is 376 g/mol. The number of pyridine rings is 1. The number of nitrogens with zero attached hydrogens (tertiary/aromatic N) is 6. The molecule has 3 aromatic heterocycles. The van der Waals surface area contributed by atoms with E-state index in [9.17, 15) is 0 Å². The number of nitrogens with one attached hydrogen (secondary N) is 2. The molecule has 1 aliphatic heterocycles. The number of rotatable bonds is 4. The zero-order valence-corrected chi connectivity index (χ0v) is 17.1. The fraction of sp³-hybridized carbons (Fsp3) is 0.273. The first-order chi connectivity index (χ1) is 14.7. The van der Waals surface area contributed by atoms with Crippen LogP contribution in [0.3, 0.4) is 0 Å². The van der Waals surface area contributed by atoms with Gasteiger partial charge < -0.3 is 15.5 Å². The molecule has 8 nitrogen and oxygen atoms in total. The van der Waals surface area contributed by atoms with Crippen molar-refractivity contribution in [3.05, 3.63) is 60.7 Å². The number of hydrogen-bond donors (Lipinski definition) is 2. The summed E-state index contributed by atoms with van der Waals surface area (Å²) in [6, 6.07) is 10.8. The average Bonchev–Trinajstić information content (AvgIpc) is 3.12. The van der Waals surface area contributed by atoms with Crippen LogP contribution in [-0.4, -0.2) is 50.4 Å². The van der Waals surface area contributed by atoms with Gasteiger partial charge in [0.1, 0.15) is 11.6 Å². The minimum absolute atomic E-state index is 0.395. The van der Waals surface area contributed by atoms with Gasteiger partial charge in [-0.3, -0.25) is 4.98 Å². The highest BCUT2D eigenvalue weighted by Crippen LogP contribution is 2.29. The van der Waals surface area contributed by atoms with Crippen LogP contribution in [-0.2, 0) is 0 Å². The van der Waals surface area contributed by atoms with E-state index in [1.165, 1.54) is 5.56 Å². The normalized spacial score (nSPS) is 16.7. The Kier molecular flexibility index (Phi) is 4.76. The van der Waals surface area contributed by atoms with Crippen molar-refractivity contribution in [1.82, 2.24) is 30.0 Å². The van der Waals surface area contributed by atoms with Gasteiger partial charge in [0, 0.05) is 55.7 Å². The summed E-state index contributed by atoms with van der Waals surface area (Å²) in [4.78, 5) is 15.4. The molecular formula is C22H24N8. The van der Waals surface area contributed by atoms with E-state index < -0.39 is 0 Å². The van der Waals surface area contributed by atoms with Crippen LogP contribution in [0, 0.1) is 6.92 Å². The summed E-state index contributed by atoms with van der Waals surface area (Å²) in [5.74, 6) is 2.38. The Morgan fingerprint density at radius 2 is 2.03 bits per heavy atom. The molecule has 30 heavy (non-hydrogen) atoms. The Morgan fingerprint density at radius 1 is 1.10 bits per heavy atom. The van der Waals surface area contributed by atoms with Gasteiger partial charge in [0.25, 0.3) is 0 Å². The van der Waals surface area contributed by atoms with Gasteiger partial charge in [-0.1, -0.05) is 6.07 Å². The van der Waals surface area contributed by atoms with Crippen LogP contribution >= 0.6 is 0 Å². The lowest BCUT2D eigenvalue weighted by molar-refractivity contribution is 0.497. The summed E-state index contributed by atoms with van der Waals surface area (Å²) in [6.45, 7) is 7.17. The zero-order chi connectivity index (χ0) is 20.5. The van der Waals surface area contributed by atoms with Gasteiger partial charge in [-0.15, -0.1) is 5.10 Å². The van der Waals surface area contributed by atoms with Gasteiger partial charge in [0.2, 0.25) is 0 Å². The molecule has 4 aromatic rings. The van der Waals surface area contributed by atoms with Crippen LogP contribution in [0.1, 0.15) is 12.5 Å². The Hall–Kier alpha value is -3.52. The SMILES string of the molecule is Cc1ccc2c(Nc3cnccn3)nn(-c3ccnc(N4CCNC[C@@H]4C)c3)c2c1. The predicted molar refractivity (Wildman–Crippen MR) is 119 cm³/mol. The van der Waals surface area contributed by atoms with Crippen LogP contribution < -0.4 is 15.5 Å². The van der Waals surface area contributed by atoms with Gasteiger partial charge in [0.05, 0.1) is 17.4 Å². The van der Waals surface area contributed by atoms with Crippen LogP contribution in [0.4, 0.5) is 17.5 Å². The lowest BCUT2D eigenvalue weighted by Crippen LogP contribution is -2.50. The predicted octanol–water partition coefficient (Wildman–Crippen LogP) is 3.06. The van der Waals surface area contributed by atoms with Crippen LogP contribution in [0.5, 0.6) is 0 Å². The standard InChI is InChI=1S/C22H24N8/c1-15-3-4-18-19(11-15)30(28-22(18)27-20-14-23-7-8-25-20)17-5-6-26-21(12-17)29-10-9-24-13-16(29)2/h3-8,11-12,14,16,24H,9-10,13H2,1-2H3,(H,25,27,28)/t16-/m0/s1. The lowest BCUT2D eigenvalue weighted by atomic mass is 10.1. The van der Waals surface area contributed by atoms with E-state index >= 15 is 0 Å². The van der Waals surface area contributed by atoms with Crippen molar-refractivity contribution in [2.45, 2.75) is 19.9 Å². The van der Waals surface area contributed by atoms with Gasteiger partial charge in [-0.25, -0.2) is 14.6 Å². The minimum atomic E-state index is 0.395. The highest BCUT2D eigenvalue weighted by Gasteiger charge is 2.20. The van der Waals surface area contributed by atoms with E-state index in [1.54, 1.807) is 18.6 Å². The number of benzene rings is 1. The van der Waals surface area contributed by atoms with Gasteiger partial charge in [-0.05, 0) is 37.6 Å². The molecule has 0 amide bonds. The molecule has 0 saturated carbocycles. The molecule has 0 radical (unpaired) electrons. The smallest absolute Gasteiger partial charge is 0.162 e. The fourth-order valence-corrected chi connectivity index (χ4v) is 3.88. The molecule has 1 aliphatic rings. The molecule has 8 heteroatoms. The van der Waals surface area contributed by atoms with Gasteiger partial charge in [0.15, 0.2) is 5.82 Å². The molecule has 2 N–H and O–H groups in total. The van der Waals surface area contributed by atoms with Crippen LogP contribution in [0.2, 0.25) is 0 Å². The Balaban J connectivity index is 1.59. The maximum atomic E-state index is 4.88. The Bertz CT molecular complexity index is 1170. The summed E-state index contributed by atoms with van der Waals surface area (Å²) >= 11 is 0. The number of aryl methyl sites for hydroxylation is 1. The maximum Gasteiger partial charge on any atom is 0.162 e. The summed E-state index contributed by atoms with van der Waals surface area (Å²) in [6.07, 6.45) is 6.87. The van der Waals surface area contributed by atoms with Crippen molar-refractivity contribution in [1.29, 1.82) is 0 Å². The van der Waals surface area contributed by atoms with E-state index in [4.69, 9.17) is 5.10 Å². The van der Waals surface area contributed by atoms with Crippen molar-refractivity contribution < 1.29 is 0 Å². The number of aromatic nitrogens is 5. The first-order valence-corrected chi connectivity index (χ1v) is 10.2. The third-order valence-electron chi connectivity index (χ3n) is 5.42. The Labute approximate surface area is 175 Å². The van der Waals surface area contributed by atoms with E-state index in [0.29, 0.717) is 11.9 Å². The zero-order valence-electron chi connectivity index (χ0n) is 17.1. The van der Waals surface area contributed by atoms with Crippen LogP contribution in [0.25, 0.3) is 16.6 Å². The molecule has 1 fully saturated rings. The molecule has 0 unspecified atom stereocenters. The van der Waals surface area contributed by atoms with E-state index in [-0.39, 0.29) is 0 Å². The topological polar surface area (TPSA) is 83.8 Å². The number of anilines is 3. The third-order valence-corrected chi connectivity index (χ3v) is 5.42. The van der Waals surface area contributed by atoms with Gasteiger partial charge >= 0.3 is 0 Å². The molecule has 4 heterocycles. The summed E-state index contributed by atoms with van der Waals surface area (Å²) in [7, 11) is 0. The van der Waals surface area contributed by atoms with Crippen molar-refractivity contribution in [3.63, 3.8) is 0 Å². The number of piperazine rings is 1. The largest absolute Gasteiger partial charge is 0.351 e. The maximum absolute atomic E-state index is 4.88. The molecule has 1 atom stereocenters. The summed E-state index contributed by atoms with van der Waals surface area (Å²) in [5, 5.41) is 12.6. The first-order valence-electron chi connectivity index (χ1n) is 10.2. The molecule has 0 bridgehead atoms. The lowest BCUT2D eigenvalue weighted by Gasteiger charge is -2.35. The van der Waals surface area contributed by atoms with Crippen molar-refractivity contribution in [3.8, 4) is 5.69 Å². The molecule has 1 saturated heterocycles. The number of fused-ring (bicyclic) bond motifs is 1. The minimum Gasteiger partial charge on any atom is -0.351 e. The van der Waals surface area contributed by atoms with E-state index in [2.05, 4.69) is 68.6 Å². The Morgan fingerprint density at radius 3 is 2.87 bits per heavy atom. The first kappa shape index (κ1) is 18.5. The quantitative estimate of drug-likeness (QED) is 0.545. The molecule has 5 rings (SSSR count). The van der Waals surface area contributed by atoms with Crippen molar-refractivity contribution >= 4 is 28.4 Å².